The van der Waals surface area contributed by atoms with Crippen LogP contribution in [0.25, 0.3) is 0 Å². The average molecular weight is 208 g/mol. The molecular formula is C12H20N2O. The van der Waals surface area contributed by atoms with Crippen LogP contribution in [0.5, 0.6) is 0 Å². The van der Waals surface area contributed by atoms with Crippen molar-refractivity contribution in [3.63, 3.8) is 0 Å². The number of hydrogen-bond donors (Lipinski definition) is 1. The average Bonchev–Trinajstić information content (AvgIpc) is 2.22. The second kappa shape index (κ2) is 6.56. The minimum absolute atomic E-state index is 0.679. The zero-order valence-corrected chi connectivity index (χ0v) is 9.57. The SMILES string of the molecule is COCc1ccc(CN(C)CCN)cc1. The summed E-state index contributed by atoms with van der Waals surface area (Å²) in [5.74, 6) is 0. The Morgan fingerprint density at radius 2 is 1.80 bits per heavy atom. The van der Waals surface area contributed by atoms with Crippen LogP contribution in [0.2, 0.25) is 0 Å². The van der Waals surface area contributed by atoms with Gasteiger partial charge in [0.05, 0.1) is 6.61 Å². The minimum atomic E-state index is 0.679. The van der Waals surface area contributed by atoms with Crippen LogP contribution in [-0.2, 0) is 17.9 Å². The Kier molecular flexibility index (Phi) is 5.32. The summed E-state index contributed by atoms with van der Waals surface area (Å²) in [7, 11) is 3.79. The standard InChI is InChI=1S/C12H20N2O/c1-14(8-7-13)9-11-3-5-12(6-4-11)10-15-2/h3-6H,7-10,13H2,1-2H3. The van der Waals surface area contributed by atoms with Crippen molar-refractivity contribution in [2.24, 2.45) is 5.73 Å². The highest BCUT2D eigenvalue weighted by molar-refractivity contribution is 5.21. The molecule has 0 aliphatic carbocycles. The van der Waals surface area contributed by atoms with Gasteiger partial charge in [0.2, 0.25) is 0 Å². The van der Waals surface area contributed by atoms with Crippen LogP contribution in [0.4, 0.5) is 0 Å². The highest BCUT2D eigenvalue weighted by Gasteiger charge is 1.99. The van der Waals surface area contributed by atoms with Gasteiger partial charge in [0.25, 0.3) is 0 Å². The van der Waals surface area contributed by atoms with Crippen LogP contribution in [-0.4, -0.2) is 32.1 Å². The number of likely N-dealkylation sites (N-methyl/N-ethyl adjacent to an activating group) is 1. The molecule has 0 heterocycles. The number of nitrogens with zero attached hydrogens (tertiary/aromatic N) is 1. The Morgan fingerprint density at radius 3 is 2.33 bits per heavy atom. The largest absolute Gasteiger partial charge is 0.380 e. The molecule has 0 amide bonds. The molecule has 1 rings (SSSR count). The van der Waals surface area contributed by atoms with Gasteiger partial charge >= 0.3 is 0 Å². The minimum Gasteiger partial charge on any atom is -0.380 e. The summed E-state index contributed by atoms with van der Waals surface area (Å²) >= 11 is 0. The van der Waals surface area contributed by atoms with Gasteiger partial charge in [0.1, 0.15) is 0 Å². The van der Waals surface area contributed by atoms with E-state index >= 15 is 0 Å². The molecule has 0 unspecified atom stereocenters. The molecule has 2 N–H and O–H groups in total. The van der Waals surface area contributed by atoms with Crippen LogP contribution in [0, 0.1) is 0 Å². The van der Waals surface area contributed by atoms with E-state index in [1.54, 1.807) is 7.11 Å². The molecule has 0 spiro atoms. The maximum absolute atomic E-state index is 5.49. The zero-order chi connectivity index (χ0) is 11.1. The van der Waals surface area contributed by atoms with Crippen molar-refractivity contribution in [3.05, 3.63) is 35.4 Å². The van der Waals surface area contributed by atoms with Crippen molar-refractivity contribution < 1.29 is 4.74 Å². The number of methoxy groups -OCH3 is 1. The van der Waals surface area contributed by atoms with E-state index in [9.17, 15) is 0 Å². The van der Waals surface area contributed by atoms with Crippen molar-refractivity contribution in [2.45, 2.75) is 13.2 Å². The predicted octanol–water partition coefficient (Wildman–Crippen LogP) is 1.22. The van der Waals surface area contributed by atoms with E-state index in [-0.39, 0.29) is 0 Å². The molecule has 0 bridgehead atoms. The van der Waals surface area contributed by atoms with Gasteiger partial charge < -0.3 is 15.4 Å². The molecule has 15 heavy (non-hydrogen) atoms. The lowest BCUT2D eigenvalue weighted by atomic mass is 10.1. The Labute approximate surface area is 91.8 Å². The van der Waals surface area contributed by atoms with Crippen LogP contribution in [0.15, 0.2) is 24.3 Å². The van der Waals surface area contributed by atoms with Crippen LogP contribution in [0.1, 0.15) is 11.1 Å². The highest BCUT2D eigenvalue weighted by Crippen LogP contribution is 2.07. The molecule has 3 nitrogen and oxygen atoms in total. The number of rotatable bonds is 6. The Hall–Kier alpha value is -0.900. The maximum Gasteiger partial charge on any atom is 0.0713 e. The third-order valence-corrected chi connectivity index (χ3v) is 2.30. The molecule has 0 saturated heterocycles. The van der Waals surface area contributed by atoms with Gasteiger partial charge in [-0.25, -0.2) is 0 Å². The molecule has 0 aliphatic heterocycles. The van der Waals surface area contributed by atoms with Crippen molar-refractivity contribution >= 4 is 0 Å². The number of nitrogens with two attached hydrogens (primary N) is 1. The summed E-state index contributed by atoms with van der Waals surface area (Å²) in [5.41, 5.74) is 8.01. The Morgan fingerprint density at radius 1 is 1.20 bits per heavy atom. The summed E-state index contributed by atoms with van der Waals surface area (Å²) in [6.45, 7) is 3.27. The van der Waals surface area contributed by atoms with Crippen LogP contribution < -0.4 is 5.73 Å². The summed E-state index contributed by atoms with van der Waals surface area (Å²) in [6, 6.07) is 8.49. The molecule has 1 aromatic rings. The fourth-order valence-electron chi connectivity index (χ4n) is 1.52. The normalized spacial score (nSPS) is 10.9. The van der Waals surface area contributed by atoms with Crippen molar-refractivity contribution in [3.8, 4) is 0 Å². The van der Waals surface area contributed by atoms with Gasteiger partial charge in [-0.1, -0.05) is 24.3 Å². The first-order chi connectivity index (χ1) is 7.26. The zero-order valence-electron chi connectivity index (χ0n) is 9.57. The van der Waals surface area contributed by atoms with E-state index in [1.807, 2.05) is 0 Å². The molecule has 84 valence electrons. The molecular weight excluding hydrogens is 188 g/mol. The van der Waals surface area contributed by atoms with Gasteiger partial charge in [0, 0.05) is 26.7 Å². The van der Waals surface area contributed by atoms with Gasteiger partial charge in [-0.2, -0.15) is 0 Å². The first kappa shape index (κ1) is 12.2. The lowest BCUT2D eigenvalue weighted by Gasteiger charge is -2.15. The molecule has 0 saturated carbocycles. The molecule has 0 fully saturated rings. The fourth-order valence-corrected chi connectivity index (χ4v) is 1.52. The Bertz CT molecular complexity index is 271. The molecule has 3 heteroatoms. The van der Waals surface area contributed by atoms with Crippen LogP contribution >= 0.6 is 0 Å². The number of ether oxygens (including phenoxy) is 1. The molecule has 1 aromatic carbocycles. The molecule has 0 radical (unpaired) electrons. The van der Waals surface area contributed by atoms with Crippen molar-refractivity contribution in [1.29, 1.82) is 0 Å². The number of hydrogen-bond acceptors (Lipinski definition) is 3. The molecule has 0 atom stereocenters. The fraction of sp³-hybridized carbons (Fsp3) is 0.500. The lowest BCUT2D eigenvalue weighted by molar-refractivity contribution is 0.185. The lowest BCUT2D eigenvalue weighted by Crippen LogP contribution is -2.24. The maximum atomic E-state index is 5.49. The first-order valence-electron chi connectivity index (χ1n) is 5.21. The van der Waals surface area contributed by atoms with Gasteiger partial charge in [-0.05, 0) is 18.2 Å². The van der Waals surface area contributed by atoms with E-state index in [4.69, 9.17) is 10.5 Å². The van der Waals surface area contributed by atoms with Gasteiger partial charge in [0.15, 0.2) is 0 Å². The first-order valence-corrected chi connectivity index (χ1v) is 5.21. The second-order valence-corrected chi connectivity index (χ2v) is 3.78. The van der Waals surface area contributed by atoms with Crippen LogP contribution in [0.3, 0.4) is 0 Å². The van der Waals surface area contributed by atoms with E-state index in [1.165, 1.54) is 11.1 Å². The van der Waals surface area contributed by atoms with Gasteiger partial charge in [-0.3, -0.25) is 0 Å². The van der Waals surface area contributed by atoms with Gasteiger partial charge in [-0.15, -0.1) is 0 Å². The Balaban J connectivity index is 2.48. The second-order valence-electron chi connectivity index (χ2n) is 3.78. The highest BCUT2D eigenvalue weighted by atomic mass is 16.5. The summed E-state index contributed by atoms with van der Waals surface area (Å²) < 4.78 is 5.06. The monoisotopic (exact) mass is 208 g/mol. The summed E-state index contributed by atoms with van der Waals surface area (Å²) in [5, 5.41) is 0. The predicted molar refractivity (Wildman–Crippen MR) is 62.5 cm³/mol. The van der Waals surface area contributed by atoms with Crippen molar-refractivity contribution in [1.82, 2.24) is 4.90 Å². The molecule has 0 aliphatic rings. The van der Waals surface area contributed by atoms with E-state index in [2.05, 4.69) is 36.2 Å². The third-order valence-electron chi connectivity index (χ3n) is 2.30. The van der Waals surface area contributed by atoms with E-state index < -0.39 is 0 Å². The van der Waals surface area contributed by atoms with E-state index in [0.717, 1.165) is 13.1 Å². The number of benzene rings is 1. The smallest absolute Gasteiger partial charge is 0.0713 e. The molecule has 0 aromatic heterocycles. The quantitative estimate of drug-likeness (QED) is 0.764. The third kappa shape index (κ3) is 4.42. The van der Waals surface area contributed by atoms with E-state index in [0.29, 0.717) is 13.2 Å². The van der Waals surface area contributed by atoms with Crippen molar-refractivity contribution in [2.75, 3.05) is 27.2 Å². The topological polar surface area (TPSA) is 38.5 Å². The summed E-state index contributed by atoms with van der Waals surface area (Å²) in [4.78, 5) is 2.21. The summed E-state index contributed by atoms with van der Waals surface area (Å²) in [6.07, 6.45) is 0.